The van der Waals surface area contributed by atoms with Gasteiger partial charge in [0.2, 0.25) is 0 Å². The highest BCUT2D eigenvalue weighted by molar-refractivity contribution is 6.31. The van der Waals surface area contributed by atoms with E-state index in [0.29, 0.717) is 22.0 Å². The number of nitrogens with one attached hydrogen (secondary N) is 2. The van der Waals surface area contributed by atoms with Crippen molar-refractivity contribution in [2.75, 3.05) is 10.6 Å². The maximum Gasteiger partial charge on any atom is 0.411 e. The van der Waals surface area contributed by atoms with E-state index in [9.17, 15) is 14.7 Å². The zero-order chi connectivity index (χ0) is 20.6. The van der Waals surface area contributed by atoms with E-state index >= 15 is 0 Å². The first-order valence-corrected chi connectivity index (χ1v) is 9.21. The molecule has 0 aliphatic heterocycles. The number of anilines is 2. The van der Waals surface area contributed by atoms with Gasteiger partial charge in [-0.1, -0.05) is 54.1 Å². The summed E-state index contributed by atoms with van der Waals surface area (Å²) in [7, 11) is 0. The number of aliphatic hydroxyl groups excluding tert-OH is 1. The van der Waals surface area contributed by atoms with Gasteiger partial charge in [-0.15, -0.1) is 0 Å². The van der Waals surface area contributed by atoms with E-state index in [4.69, 9.17) is 16.3 Å². The van der Waals surface area contributed by atoms with E-state index in [1.54, 1.807) is 24.3 Å². The van der Waals surface area contributed by atoms with Crippen LogP contribution in [-0.4, -0.2) is 17.1 Å². The predicted octanol–water partition coefficient (Wildman–Crippen LogP) is 4.83. The molecule has 0 saturated heterocycles. The Kier molecular flexibility index (Phi) is 6.84. The van der Waals surface area contributed by atoms with Gasteiger partial charge < -0.3 is 15.2 Å². The Morgan fingerprint density at radius 2 is 1.62 bits per heavy atom. The number of rotatable bonds is 6. The van der Waals surface area contributed by atoms with Gasteiger partial charge in [-0.3, -0.25) is 10.1 Å². The summed E-state index contributed by atoms with van der Waals surface area (Å²) in [4.78, 5) is 24.6. The molecule has 0 aliphatic rings. The third kappa shape index (κ3) is 6.07. The Bertz CT molecular complexity index is 1010. The Labute approximate surface area is 173 Å². The minimum absolute atomic E-state index is 0.125. The SMILES string of the molecule is O=C(Nc1cc(Cl)cc(C(=O)Nc2cccc(CO)c2)c1)OCc1ccccc1. The topological polar surface area (TPSA) is 87.7 Å². The average molecular weight is 411 g/mol. The second kappa shape index (κ2) is 9.73. The van der Waals surface area contributed by atoms with Crippen LogP contribution in [0.4, 0.5) is 16.2 Å². The molecule has 0 radical (unpaired) electrons. The zero-order valence-corrected chi connectivity index (χ0v) is 16.1. The van der Waals surface area contributed by atoms with Crippen LogP contribution in [0, 0.1) is 0 Å². The van der Waals surface area contributed by atoms with E-state index in [1.807, 2.05) is 30.3 Å². The molecule has 0 aliphatic carbocycles. The second-order valence-electron chi connectivity index (χ2n) is 6.23. The van der Waals surface area contributed by atoms with Crippen LogP contribution in [0.5, 0.6) is 0 Å². The number of aliphatic hydroxyl groups is 1. The molecule has 0 aromatic heterocycles. The molecule has 148 valence electrons. The lowest BCUT2D eigenvalue weighted by molar-refractivity contribution is 0.102. The van der Waals surface area contributed by atoms with Crippen molar-refractivity contribution in [2.45, 2.75) is 13.2 Å². The van der Waals surface area contributed by atoms with Gasteiger partial charge in [0.05, 0.1) is 6.61 Å². The number of hydrogen-bond donors (Lipinski definition) is 3. The number of hydrogen-bond acceptors (Lipinski definition) is 4. The van der Waals surface area contributed by atoms with Crippen molar-refractivity contribution >= 4 is 35.0 Å². The van der Waals surface area contributed by atoms with E-state index in [-0.39, 0.29) is 18.8 Å². The fourth-order valence-corrected chi connectivity index (χ4v) is 2.86. The highest BCUT2D eigenvalue weighted by atomic mass is 35.5. The molecule has 0 unspecified atom stereocenters. The number of benzene rings is 3. The van der Waals surface area contributed by atoms with Crippen LogP contribution in [0.25, 0.3) is 0 Å². The normalized spacial score (nSPS) is 10.3. The van der Waals surface area contributed by atoms with Gasteiger partial charge >= 0.3 is 6.09 Å². The van der Waals surface area contributed by atoms with Gasteiger partial charge in [0.15, 0.2) is 0 Å². The summed E-state index contributed by atoms with van der Waals surface area (Å²) in [6.07, 6.45) is -0.655. The van der Waals surface area contributed by atoms with E-state index in [2.05, 4.69) is 10.6 Å². The molecule has 0 atom stereocenters. The lowest BCUT2D eigenvalue weighted by Gasteiger charge is -2.10. The standard InChI is InChI=1S/C22H19ClN2O4/c23-18-10-17(21(27)24-19-8-4-7-16(9-19)13-26)11-20(12-18)25-22(28)29-14-15-5-2-1-3-6-15/h1-12,26H,13-14H2,(H,24,27)(H,25,28). The highest BCUT2D eigenvalue weighted by Crippen LogP contribution is 2.21. The van der Waals surface area contributed by atoms with Crippen molar-refractivity contribution in [1.82, 2.24) is 0 Å². The monoisotopic (exact) mass is 410 g/mol. The van der Waals surface area contributed by atoms with Gasteiger partial charge in [0.1, 0.15) is 6.61 Å². The number of amides is 2. The van der Waals surface area contributed by atoms with Crippen molar-refractivity contribution in [2.24, 2.45) is 0 Å². The molecular weight excluding hydrogens is 392 g/mol. The molecule has 3 N–H and O–H groups in total. The summed E-state index contributed by atoms with van der Waals surface area (Å²) < 4.78 is 5.18. The lowest BCUT2D eigenvalue weighted by atomic mass is 10.1. The number of halogens is 1. The summed E-state index contributed by atoms with van der Waals surface area (Å²) in [5.41, 5.74) is 2.68. The van der Waals surface area contributed by atoms with Crippen LogP contribution in [0.3, 0.4) is 0 Å². The fourth-order valence-electron chi connectivity index (χ4n) is 2.62. The summed E-state index contributed by atoms with van der Waals surface area (Å²) in [5, 5.41) is 14.8. The molecule has 3 rings (SSSR count). The lowest BCUT2D eigenvalue weighted by Crippen LogP contribution is -2.15. The number of carbonyl (C=O) groups is 2. The molecule has 0 saturated carbocycles. The van der Waals surface area contributed by atoms with Crippen molar-refractivity contribution in [3.8, 4) is 0 Å². The molecular formula is C22H19ClN2O4. The molecule has 7 heteroatoms. The molecule has 2 amide bonds. The van der Waals surface area contributed by atoms with Gasteiger partial charge in [-0.25, -0.2) is 4.79 Å². The maximum atomic E-state index is 12.5. The summed E-state index contributed by atoms with van der Waals surface area (Å²) in [5.74, 6) is -0.400. The van der Waals surface area contributed by atoms with E-state index in [1.165, 1.54) is 18.2 Å². The summed E-state index contributed by atoms with van der Waals surface area (Å²) in [6, 6.07) is 20.7. The Balaban J connectivity index is 1.65. The molecule has 29 heavy (non-hydrogen) atoms. The van der Waals surface area contributed by atoms with Crippen molar-refractivity contribution in [3.63, 3.8) is 0 Å². The van der Waals surface area contributed by atoms with Gasteiger partial charge in [0.25, 0.3) is 5.91 Å². The van der Waals surface area contributed by atoms with E-state index in [0.717, 1.165) is 5.56 Å². The van der Waals surface area contributed by atoms with E-state index < -0.39 is 12.0 Å². The zero-order valence-electron chi connectivity index (χ0n) is 15.4. The molecule has 3 aromatic rings. The maximum absolute atomic E-state index is 12.5. The quantitative estimate of drug-likeness (QED) is 0.543. The molecule has 0 heterocycles. The van der Waals surface area contributed by atoms with Crippen molar-refractivity contribution in [1.29, 1.82) is 0 Å². The largest absolute Gasteiger partial charge is 0.444 e. The number of carbonyl (C=O) groups excluding carboxylic acids is 2. The van der Waals surface area contributed by atoms with Crippen LogP contribution < -0.4 is 10.6 Å². The summed E-state index contributed by atoms with van der Waals surface area (Å²) >= 11 is 6.10. The first-order valence-electron chi connectivity index (χ1n) is 8.83. The highest BCUT2D eigenvalue weighted by Gasteiger charge is 2.11. The average Bonchev–Trinajstić information content (AvgIpc) is 2.72. The molecule has 6 nitrogen and oxygen atoms in total. The third-order valence-electron chi connectivity index (χ3n) is 3.99. The first-order chi connectivity index (χ1) is 14.0. The Hall–Kier alpha value is -3.35. The minimum Gasteiger partial charge on any atom is -0.444 e. The predicted molar refractivity (Wildman–Crippen MR) is 112 cm³/mol. The summed E-state index contributed by atoms with van der Waals surface area (Å²) in [6.45, 7) is 0.00180. The van der Waals surface area contributed by atoms with Crippen molar-refractivity contribution < 1.29 is 19.4 Å². The van der Waals surface area contributed by atoms with Gasteiger partial charge in [-0.05, 0) is 41.5 Å². The fraction of sp³-hybridized carbons (Fsp3) is 0.0909. The number of ether oxygens (including phenoxy) is 1. The minimum atomic E-state index is -0.655. The second-order valence-corrected chi connectivity index (χ2v) is 6.66. The van der Waals surface area contributed by atoms with Crippen molar-refractivity contribution in [3.05, 3.63) is 94.5 Å². The van der Waals surface area contributed by atoms with Crippen LogP contribution in [-0.2, 0) is 18.0 Å². The van der Waals surface area contributed by atoms with Crippen LogP contribution in [0.2, 0.25) is 5.02 Å². The molecule has 0 bridgehead atoms. The first kappa shape index (κ1) is 20.4. The van der Waals surface area contributed by atoms with Gasteiger partial charge in [0, 0.05) is 22.0 Å². The van der Waals surface area contributed by atoms with Gasteiger partial charge in [-0.2, -0.15) is 0 Å². The van der Waals surface area contributed by atoms with Crippen LogP contribution in [0.1, 0.15) is 21.5 Å². The smallest absolute Gasteiger partial charge is 0.411 e. The molecule has 0 spiro atoms. The van der Waals surface area contributed by atoms with Crippen LogP contribution in [0.15, 0.2) is 72.8 Å². The van der Waals surface area contributed by atoms with Crippen LogP contribution >= 0.6 is 11.6 Å². The molecule has 0 fully saturated rings. The Morgan fingerprint density at radius 3 is 2.38 bits per heavy atom. The third-order valence-corrected chi connectivity index (χ3v) is 4.20. The molecule has 3 aromatic carbocycles. The Morgan fingerprint density at radius 1 is 0.862 bits per heavy atom.